The molecule has 0 aliphatic carbocycles. The number of benzene rings is 1. The molecule has 0 radical (unpaired) electrons. The van der Waals surface area contributed by atoms with E-state index < -0.39 is 0 Å². The maximum atomic E-state index is 11.7. The number of hydrogen-bond acceptors (Lipinski definition) is 3. The SMILES string of the molecule is COc1cc(CNC(=O)/C=C\CCCCC(C)C)ccc1O. The van der Waals surface area contributed by atoms with Crippen molar-refractivity contribution in [3.63, 3.8) is 0 Å². The first-order chi connectivity index (χ1) is 10.5. The average molecular weight is 305 g/mol. The summed E-state index contributed by atoms with van der Waals surface area (Å²) < 4.78 is 5.03. The number of rotatable bonds is 9. The number of phenolic OH excluding ortho intramolecular Hbond substituents is 1. The molecule has 2 N–H and O–H groups in total. The molecule has 0 heterocycles. The van der Waals surface area contributed by atoms with Crippen molar-refractivity contribution in [3.8, 4) is 11.5 Å². The number of methoxy groups -OCH3 is 1. The minimum atomic E-state index is -0.101. The summed E-state index contributed by atoms with van der Waals surface area (Å²) in [6.45, 7) is 4.86. The molecule has 1 amide bonds. The van der Waals surface area contributed by atoms with Gasteiger partial charge in [0.1, 0.15) is 0 Å². The van der Waals surface area contributed by atoms with Gasteiger partial charge in [0.2, 0.25) is 5.91 Å². The summed E-state index contributed by atoms with van der Waals surface area (Å²) >= 11 is 0. The molecule has 1 aromatic carbocycles. The van der Waals surface area contributed by atoms with Crippen LogP contribution in [0.25, 0.3) is 0 Å². The summed E-state index contributed by atoms with van der Waals surface area (Å²) in [5.74, 6) is 1.15. The van der Waals surface area contributed by atoms with Gasteiger partial charge in [-0.1, -0.05) is 38.8 Å². The van der Waals surface area contributed by atoms with E-state index in [9.17, 15) is 9.90 Å². The molecule has 0 aromatic heterocycles. The summed E-state index contributed by atoms with van der Waals surface area (Å²) in [5.41, 5.74) is 0.883. The third kappa shape index (κ3) is 7.16. The average Bonchev–Trinajstić information content (AvgIpc) is 2.49. The smallest absolute Gasteiger partial charge is 0.243 e. The van der Waals surface area contributed by atoms with Gasteiger partial charge in [-0.05, 0) is 42.5 Å². The Labute approximate surface area is 133 Å². The lowest BCUT2D eigenvalue weighted by atomic mass is 10.1. The first kappa shape index (κ1) is 18.1. The van der Waals surface area contributed by atoms with Crippen molar-refractivity contribution in [1.82, 2.24) is 5.32 Å². The lowest BCUT2D eigenvalue weighted by Crippen LogP contribution is -2.20. The Morgan fingerprint density at radius 1 is 1.36 bits per heavy atom. The predicted molar refractivity (Wildman–Crippen MR) is 89.0 cm³/mol. The fourth-order valence-electron chi connectivity index (χ4n) is 2.09. The van der Waals surface area contributed by atoms with Gasteiger partial charge >= 0.3 is 0 Å². The Morgan fingerprint density at radius 2 is 2.14 bits per heavy atom. The van der Waals surface area contributed by atoms with Crippen LogP contribution >= 0.6 is 0 Å². The minimum absolute atomic E-state index is 0.0962. The second kappa shape index (κ2) is 9.87. The van der Waals surface area contributed by atoms with Crippen molar-refractivity contribution in [2.24, 2.45) is 5.92 Å². The molecule has 22 heavy (non-hydrogen) atoms. The van der Waals surface area contributed by atoms with Crippen LogP contribution in [0.5, 0.6) is 11.5 Å². The fraction of sp³-hybridized carbons (Fsp3) is 0.500. The van der Waals surface area contributed by atoms with Crippen molar-refractivity contribution < 1.29 is 14.6 Å². The zero-order valence-electron chi connectivity index (χ0n) is 13.8. The zero-order valence-corrected chi connectivity index (χ0v) is 13.8. The van der Waals surface area contributed by atoms with Crippen LogP contribution in [0.3, 0.4) is 0 Å². The number of nitrogens with one attached hydrogen (secondary N) is 1. The topological polar surface area (TPSA) is 58.6 Å². The standard InChI is InChI=1S/C18H27NO3/c1-14(2)8-6-4-5-7-9-18(21)19-13-15-10-11-16(20)17(12-15)22-3/h7,9-12,14,20H,4-6,8,13H2,1-3H3,(H,19,21)/b9-7-. The maximum Gasteiger partial charge on any atom is 0.243 e. The minimum Gasteiger partial charge on any atom is -0.504 e. The molecule has 0 bridgehead atoms. The third-order valence-corrected chi connectivity index (χ3v) is 3.38. The Morgan fingerprint density at radius 3 is 2.82 bits per heavy atom. The van der Waals surface area contributed by atoms with E-state index >= 15 is 0 Å². The van der Waals surface area contributed by atoms with Gasteiger partial charge < -0.3 is 15.2 Å². The zero-order chi connectivity index (χ0) is 16.4. The van der Waals surface area contributed by atoms with Gasteiger partial charge in [-0.2, -0.15) is 0 Å². The van der Waals surface area contributed by atoms with Gasteiger partial charge in [0, 0.05) is 6.54 Å². The Hall–Kier alpha value is -1.97. The van der Waals surface area contributed by atoms with Crippen molar-refractivity contribution in [3.05, 3.63) is 35.9 Å². The lowest BCUT2D eigenvalue weighted by molar-refractivity contribution is -0.116. The summed E-state index contributed by atoms with van der Waals surface area (Å²) in [4.78, 5) is 11.7. The van der Waals surface area contributed by atoms with E-state index in [1.165, 1.54) is 20.0 Å². The first-order valence-electron chi connectivity index (χ1n) is 7.83. The molecular formula is C18H27NO3. The van der Waals surface area contributed by atoms with Crippen molar-refractivity contribution in [1.29, 1.82) is 0 Å². The van der Waals surface area contributed by atoms with Gasteiger partial charge in [-0.3, -0.25) is 4.79 Å². The van der Waals surface area contributed by atoms with Crippen LogP contribution in [-0.4, -0.2) is 18.1 Å². The number of phenols is 1. The van der Waals surface area contributed by atoms with Gasteiger partial charge in [0.15, 0.2) is 11.5 Å². The van der Waals surface area contributed by atoms with E-state index in [1.54, 1.807) is 24.3 Å². The predicted octanol–water partition coefficient (Wildman–Crippen LogP) is 3.79. The van der Waals surface area contributed by atoms with Crippen LogP contribution < -0.4 is 10.1 Å². The van der Waals surface area contributed by atoms with Crippen LogP contribution in [0.1, 0.15) is 45.1 Å². The number of unbranched alkanes of at least 4 members (excludes halogenated alkanes) is 2. The number of carbonyl (C=O) groups is 1. The number of ether oxygens (including phenoxy) is 1. The van der Waals surface area contributed by atoms with Crippen molar-refractivity contribution in [2.75, 3.05) is 7.11 Å². The van der Waals surface area contributed by atoms with Crippen molar-refractivity contribution in [2.45, 2.75) is 46.1 Å². The van der Waals surface area contributed by atoms with E-state index in [0.717, 1.165) is 24.3 Å². The van der Waals surface area contributed by atoms with Crippen LogP contribution in [0.2, 0.25) is 0 Å². The number of hydrogen-bond donors (Lipinski definition) is 2. The highest BCUT2D eigenvalue weighted by Crippen LogP contribution is 2.26. The molecule has 0 aliphatic heterocycles. The van der Waals surface area contributed by atoms with Gasteiger partial charge in [-0.15, -0.1) is 0 Å². The molecule has 4 nitrogen and oxygen atoms in total. The highest BCUT2D eigenvalue weighted by molar-refractivity contribution is 5.87. The molecule has 1 rings (SSSR count). The summed E-state index contributed by atoms with van der Waals surface area (Å²) in [6, 6.07) is 5.03. The highest BCUT2D eigenvalue weighted by atomic mass is 16.5. The van der Waals surface area contributed by atoms with Gasteiger partial charge in [-0.25, -0.2) is 0 Å². The molecule has 0 saturated carbocycles. The molecule has 0 unspecified atom stereocenters. The second-order valence-corrected chi connectivity index (χ2v) is 5.80. The summed E-state index contributed by atoms with van der Waals surface area (Å²) in [5, 5.41) is 12.3. The van der Waals surface area contributed by atoms with Crippen LogP contribution in [-0.2, 0) is 11.3 Å². The van der Waals surface area contributed by atoms with Gasteiger partial charge in [0.05, 0.1) is 7.11 Å². The first-order valence-corrected chi connectivity index (χ1v) is 7.83. The van der Waals surface area contributed by atoms with Crippen LogP contribution in [0.4, 0.5) is 0 Å². The molecule has 0 atom stereocenters. The molecule has 0 fully saturated rings. The molecule has 0 aliphatic rings. The largest absolute Gasteiger partial charge is 0.504 e. The van der Waals surface area contributed by atoms with Gasteiger partial charge in [0.25, 0.3) is 0 Å². The molecule has 122 valence electrons. The monoisotopic (exact) mass is 305 g/mol. The van der Waals surface area contributed by atoms with Crippen molar-refractivity contribution >= 4 is 5.91 Å². The normalized spacial score (nSPS) is 11.1. The van der Waals surface area contributed by atoms with Crippen LogP contribution in [0.15, 0.2) is 30.4 Å². The van der Waals surface area contributed by atoms with E-state index in [4.69, 9.17) is 4.74 Å². The summed E-state index contributed by atoms with van der Waals surface area (Å²) in [6.07, 6.45) is 8.02. The lowest BCUT2D eigenvalue weighted by Gasteiger charge is -2.07. The van der Waals surface area contributed by atoms with E-state index in [2.05, 4.69) is 19.2 Å². The van der Waals surface area contributed by atoms with Crippen LogP contribution in [0, 0.1) is 5.92 Å². The molecular weight excluding hydrogens is 278 g/mol. The van der Waals surface area contributed by atoms with E-state index in [1.807, 2.05) is 6.08 Å². The molecule has 0 saturated heterocycles. The number of carbonyl (C=O) groups excluding carboxylic acids is 1. The maximum absolute atomic E-state index is 11.7. The number of amides is 1. The second-order valence-electron chi connectivity index (χ2n) is 5.80. The number of allylic oxidation sites excluding steroid dienone is 1. The fourth-order valence-corrected chi connectivity index (χ4v) is 2.09. The molecule has 0 spiro atoms. The van der Waals surface area contributed by atoms with E-state index in [0.29, 0.717) is 12.3 Å². The Kier molecular flexibility index (Phi) is 8.11. The quantitative estimate of drug-likeness (QED) is 0.539. The highest BCUT2D eigenvalue weighted by Gasteiger charge is 2.03. The third-order valence-electron chi connectivity index (χ3n) is 3.38. The number of aromatic hydroxyl groups is 1. The summed E-state index contributed by atoms with van der Waals surface area (Å²) in [7, 11) is 1.50. The Bertz CT molecular complexity index is 495. The van der Waals surface area contributed by atoms with E-state index in [-0.39, 0.29) is 11.7 Å². The molecule has 1 aromatic rings. The molecule has 4 heteroatoms. The Balaban J connectivity index is 2.28.